The third-order valence-corrected chi connectivity index (χ3v) is 7.42. The van der Waals surface area contributed by atoms with Crippen LogP contribution in [0.2, 0.25) is 0 Å². The summed E-state index contributed by atoms with van der Waals surface area (Å²) in [5.74, 6) is -2.63. The van der Waals surface area contributed by atoms with Crippen LogP contribution in [-0.2, 0) is 40.7 Å². The number of epoxide rings is 1. The molecule has 0 bridgehead atoms. The van der Waals surface area contributed by atoms with Gasteiger partial charge in [0.2, 0.25) is 0 Å². The highest BCUT2D eigenvalue weighted by molar-refractivity contribution is 6.03. The third kappa shape index (κ3) is 4.05. The van der Waals surface area contributed by atoms with Gasteiger partial charge in [0.15, 0.2) is 23.7 Å². The van der Waals surface area contributed by atoms with Crippen molar-refractivity contribution in [2.75, 3.05) is 14.2 Å². The first kappa shape index (κ1) is 27.7. The lowest BCUT2D eigenvalue weighted by Gasteiger charge is -2.35. The summed E-state index contributed by atoms with van der Waals surface area (Å²) in [5, 5.41) is 0.314. The number of furan rings is 1. The van der Waals surface area contributed by atoms with Crippen LogP contribution in [0.3, 0.4) is 0 Å². The number of benzene rings is 2. The predicted molar refractivity (Wildman–Crippen MR) is 131 cm³/mol. The molecule has 1 aliphatic heterocycles. The molecule has 3 aromatic rings. The molecule has 212 valence electrons. The molecule has 9 nitrogen and oxygen atoms in total. The van der Waals surface area contributed by atoms with Gasteiger partial charge in [-0.25, -0.2) is 4.79 Å². The molecule has 12 heteroatoms. The normalized spacial score (nSPS) is 23.0. The van der Waals surface area contributed by atoms with Crippen molar-refractivity contribution in [1.29, 1.82) is 0 Å². The monoisotopic (exact) mass is 562 g/mol. The highest BCUT2D eigenvalue weighted by atomic mass is 19.4. The average Bonchev–Trinajstić information content (AvgIpc) is 3.62. The third-order valence-electron chi connectivity index (χ3n) is 7.42. The van der Waals surface area contributed by atoms with Crippen LogP contribution in [0.1, 0.15) is 58.5 Å². The van der Waals surface area contributed by atoms with Gasteiger partial charge in [-0.1, -0.05) is 37.3 Å². The molecule has 0 N–H and O–H groups in total. The van der Waals surface area contributed by atoms with Crippen LogP contribution >= 0.6 is 0 Å². The van der Waals surface area contributed by atoms with Gasteiger partial charge >= 0.3 is 18.1 Å². The number of carbonyl (C=O) groups is 3. The van der Waals surface area contributed by atoms with Crippen molar-refractivity contribution in [1.82, 2.24) is 0 Å². The van der Waals surface area contributed by atoms with Crippen molar-refractivity contribution >= 4 is 29.2 Å². The van der Waals surface area contributed by atoms with E-state index in [9.17, 15) is 27.6 Å². The molecule has 0 unspecified atom stereocenters. The van der Waals surface area contributed by atoms with Gasteiger partial charge in [0.1, 0.15) is 12.7 Å². The average molecular weight is 562 g/mol. The zero-order chi connectivity index (χ0) is 29.0. The number of hydrogen-bond acceptors (Lipinski definition) is 9. The Bertz CT molecular complexity index is 1480. The van der Waals surface area contributed by atoms with E-state index in [2.05, 4.69) is 0 Å². The first-order valence-electron chi connectivity index (χ1n) is 12.3. The minimum Gasteiger partial charge on any atom is -0.492 e. The molecule has 0 radical (unpaired) electrons. The maximum absolute atomic E-state index is 14.6. The molecule has 1 saturated heterocycles. The molecule has 5 rings (SSSR count). The summed E-state index contributed by atoms with van der Waals surface area (Å²) in [5.41, 5.74) is -2.77. The van der Waals surface area contributed by atoms with Crippen LogP contribution in [0.25, 0.3) is 11.0 Å². The zero-order valence-corrected chi connectivity index (χ0v) is 21.9. The lowest BCUT2D eigenvalue weighted by Crippen LogP contribution is -2.52. The number of alkyl halides is 3. The van der Waals surface area contributed by atoms with E-state index < -0.39 is 53.5 Å². The van der Waals surface area contributed by atoms with E-state index in [1.807, 2.05) is 0 Å². The standard InChI is InChI=1S/C28H25F3O9/c1-13-18-17(10-32)19-15(11-37-14(2)33)12-38-23(19)22(35-3)20(18)24(25-21(13)39-25)40-26(34)27(36-4,28(29,30)31)16-8-6-5-7-9-16/h5-10,12-13,21,24-25H,11H2,1-4H3/t13-,21+,24+,25+,27-/m1/s1. The summed E-state index contributed by atoms with van der Waals surface area (Å²) in [6.07, 6.45) is -6.05. The molecule has 2 aromatic carbocycles. The van der Waals surface area contributed by atoms with Crippen LogP contribution < -0.4 is 4.74 Å². The van der Waals surface area contributed by atoms with Gasteiger partial charge in [0, 0.05) is 47.6 Å². The first-order valence-corrected chi connectivity index (χ1v) is 12.3. The summed E-state index contributed by atoms with van der Waals surface area (Å²) in [6.45, 7) is 2.82. The number of halogens is 3. The smallest absolute Gasteiger partial charge is 0.432 e. The van der Waals surface area contributed by atoms with Crippen molar-refractivity contribution in [2.24, 2.45) is 0 Å². The number of fused-ring (bicyclic) bond motifs is 3. The van der Waals surface area contributed by atoms with E-state index in [4.69, 9.17) is 28.1 Å². The summed E-state index contributed by atoms with van der Waals surface area (Å²) in [7, 11) is 2.09. The van der Waals surface area contributed by atoms with Crippen molar-refractivity contribution in [3.8, 4) is 5.75 Å². The summed E-state index contributed by atoms with van der Waals surface area (Å²) >= 11 is 0. The lowest BCUT2D eigenvalue weighted by molar-refractivity contribution is -0.278. The van der Waals surface area contributed by atoms with Crippen LogP contribution in [0, 0.1) is 0 Å². The molecule has 40 heavy (non-hydrogen) atoms. The minimum atomic E-state index is -5.19. The molecular weight excluding hydrogens is 537 g/mol. The second kappa shape index (κ2) is 9.93. The highest BCUT2D eigenvalue weighted by Gasteiger charge is 2.66. The molecule has 1 aliphatic carbocycles. The molecule has 1 aromatic heterocycles. The molecule has 0 saturated carbocycles. The Hall–Kier alpha value is -3.90. The topological polar surface area (TPSA) is 114 Å². The number of methoxy groups -OCH3 is 2. The SMILES string of the molecule is COc1c2c(c(C=O)c3c(COC(C)=O)coc13)[C@@H](C)[C@@H]1O[C@@H]1[C@H]2OC(=O)[C@](OC)(c1ccccc1)C(F)(F)F. The summed E-state index contributed by atoms with van der Waals surface area (Å²) in [4.78, 5) is 37.4. The van der Waals surface area contributed by atoms with Crippen LogP contribution in [0.15, 0.2) is 41.0 Å². The number of ether oxygens (including phenoxy) is 5. The Kier molecular flexibility index (Phi) is 6.87. The van der Waals surface area contributed by atoms with Gasteiger partial charge in [-0.05, 0) is 5.56 Å². The largest absolute Gasteiger partial charge is 0.492 e. The second-order valence-electron chi connectivity index (χ2n) is 9.57. The molecule has 0 spiro atoms. The van der Waals surface area contributed by atoms with Gasteiger partial charge in [0.05, 0.1) is 19.5 Å². The molecule has 5 atom stereocenters. The number of rotatable bonds is 8. The molecular formula is C28H25F3O9. The van der Waals surface area contributed by atoms with Crippen LogP contribution in [0.5, 0.6) is 5.75 Å². The van der Waals surface area contributed by atoms with E-state index in [1.165, 1.54) is 38.5 Å². The summed E-state index contributed by atoms with van der Waals surface area (Å²) < 4.78 is 76.4. The highest BCUT2D eigenvalue weighted by Crippen LogP contribution is 2.57. The van der Waals surface area contributed by atoms with E-state index in [0.717, 1.165) is 19.2 Å². The Balaban J connectivity index is 1.68. The van der Waals surface area contributed by atoms with Crippen LogP contribution in [0.4, 0.5) is 13.2 Å². The fourth-order valence-corrected chi connectivity index (χ4v) is 5.59. The van der Waals surface area contributed by atoms with Gasteiger partial charge < -0.3 is 28.1 Å². The zero-order valence-electron chi connectivity index (χ0n) is 21.9. The fraction of sp³-hybridized carbons (Fsp3) is 0.393. The Morgan fingerprint density at radius 3 is 2.35 bits per heavy atom. The van der Waals surface area contributed by atoms with Crippen molar-refractivity contribution in [3.63, 3.8) is 0 Å². The van der Waals surface area contributed by atoms with E-state index in [-0.39, 0.29) is 29.1 Å². The van der Waals surface area contributed by atoms with Gasteiger partial charge in [0.25, 0.3) is 5.60 Å². The minimum absolute atomic E-state index is 0.0537. The van der Waals surface area contributed by atoms with E-state index >= 15 is 0 Å². The van der Waals surface area contributed by atoms with Crippen molar-refractivity contribution < 1.29 is 55.7 Å². The number of carbonyl (C=O) groups excluding carboxylic acids is 3. The quantitative estimate of drug-likeness (QED) is 0.215. The van der Waals surface area contributed by atoms with Gasteiger partial charge in [-0.3, -0.25) is 9.59 Å². The molecule has 2 heterocycles. The van der Waals surface area contributed by atoms with Gasteiger partial charge in [-0.2, -0.15) is 13.2 Å². The molecule has 1 fully saturated rings. The summed E-state index contributed by atoms with van der Waals surface area (Å²) in [6, 6.07) is 6.44. The fourth-order valence-electron chi connectivity index (χ4n) is 5.59. The Labute approximate surface area is 226 Å². The van der Waals surface area contributed by atoms with Crippen LogP contribution in [-0.4, -0.2) is 50.8 Å². The maximum atomic E-state index is 14.6. The number of hydrogen-bond donors (Lipinski definition) is 0. The van der Waals surface area contributed by atoms with Crippen molar-refractivity contribution in [2.45, 2.75) is 56.5 Å². The maximum Gasteiger partial charge on any atom is 0.432 e. The van der Waals surface area contributed by atoms with E-state index in [1.54, 1.807) is 6.92 Å². The number of esters is 2. The molecule has 2 aliphatic rings. The predicted octanol–water partition coefficient (Wildman–Crippen LogP) is 4.89. The lowest BCUT2D eigenvalue weighted by atomic mass is 9.77. The molecule has 0 amide bonds. The van der Waals surface area contributed by atoms with Crippen molar-refractivity contribution in [3.05, 3.63) is 64.4 Å². The Morgan fingerprint density at radius 1 is 1.07 bits per heavy atom. The number of aldehydes is 1. The second-order valence-corrected chi connectivity index (χ2v) is 9.57. The van der Waals surface area contributed by atoms with Gasteiger partial charge in [-0.15, -0.1) is 0 Å². The van der Waals surface area contributed by atoms with E-state index in [0.29, 0.717) is 22.8 Å². The first-order chi connectivity index (χ1) is 19.0. The Morgan fingerprint density at radius 2 is 1.77 bits per heavy atom.